The Labute approximate surface area is 291 Å². The van der Waals surface area contributed by atoms with Gasteiger partial charge in [-0.2, -0.15) is 0 Å². The van der Waals surface area contributed by atoms with E-state index in [4.69, 9.17) is 11.6 Å². The number of hydrogen-bond donors (Lipinski definition) is 1. The van der Waals surface area contributed by atoms with E-state index >= 15 is 0 Å². The molecule has 1 fully saturated rings. The second-order valence-electron chi connectivity index (χ2n) is 12.0. The van der Waals surface area contributed by atoms with Crippen molar-refractivity contribution in [3.8, 4) is 0 Å². The zero-order valence-electron chi connectivity index (χ0n) is 26.3. The Balaban J connectivity index is 1.56. The number of carbonyl (C=O) groups excluding carboxylic acids is 2. The van der Waals surface area contributed by atoms with Gasteiger partial charge in [-0.25, -0.2) is 8.42 Å². The number of sulfonamides is 1. The Bertz CT molecular complexity index is 1760. The van der Waals surface area contributed by atoms with Gasteiger partial charge in [0.05, 0.1) is 10.6 Å². The summed E-state index contributed by atoms with van der Waals surface area (Å²) in [5.74, 6) is -0.756. The van der Waals surface area contributed by atoms with Crippen LogP contribution in [0.3, 0.4) is 0 Å². The van der Waals surface area contributed by atoms with Crippen molar-refractivity contribution >= 4 is 55.1 Å². The second-order valence-corrected chi connectivity index (χ2v) is 15.2. The summed E-state index contributed by atoms with van der Waals surface area (Å²) in [6.07, 6.45) is 5.27. The number of halogens is 2. The van der Waals surface area contributed by atoms with Crippen molar-refractivity contribution in [2.75, 3.05) is 10.8 Å². The van der Waals surface area contributed by atoms with Crippen LogP contribution in [0.1, 0.15) is 48.8 Å². The van der Waals surface area contributed by atoms with E-state index in [-0.39, 0.29) is 29.8 Å². The summed E-state index contributed by atoms with van der Waals surface area (Å²) in [6.45, 7) is 1.45. The zero-order chi connectivity index (χ0) is 33.4. The van der Waals surface area contributed by atoms with E-state index in [9.17, 15) is 18.0 Å². The Hall–Kier alpha value is -3.66. The summed E-state index contributed by atoms with van der Waals surface area (Å²) in [7, 11) is -4.18. The van der Waals surface area contributed by atoms with E-state index in [1.165, 1.54) is 4.90 Å². The number of nitrogens with one attached hydrogen (secondary N) is 1. The number of amides is 2. The van der Waals surface area contributed by atoms with E-state index < -0.39 is 28.5 Å². The molecule has 4 aromatic rings. The topological polar surface area (TPSA) is 86.8 Å². The van der Waals surface area contributed by atoms with Crippen LogP contribution in [0.15, 0.2) is 112 Å². The number of carbonyl (C=O) groups is 2. The van der Waals surface area contributed by atoms with E-state index in [1.54, 1.807) is 60.7 Å². The molecule has 1 aliphatic rings. The van der Waals surface area contributed by atoms with Gasteiger partial charge in [-0.15, -0.1) is 0 Å². The largest absolute Gasteiger partial charge is 0.352 e. The van der Waals surface area contributed by atoms with Gasteiger partial charge in [-0.1, -0.05) is 113 Å². The normalized spacial score (nSPS) is 14.3. The van der Waals surface area contributed by atoms with E-state index in [1.807, 2.05) is 49.4 Å². The molecule has 7 nitrogen and oxygen atoms in total. The molecule has 0 spiro atoms. The maximum Gasteiger partial charge on any atom is 0.264 e. The Morgan fingerprint density at radius 2 is 1.55 bits per heavy atom. The number of nitrogens with zero attached hydrogens (tertiary/aromatic N) is 2. The van der Waals surface area contributed by atoms with Gasteiger partial charge in [-0.3, -0.25) is 13.9 Å². The van der Waals surface area contributed by atoms with Crippen molar-refractivity contribution in [1.29, 1.82) is 0 Å². The number of hydrogen-bond acceptors (Lipinski definition) is 4. The molecule has 0 aliphatic heterocycles. The molecule has 0 unspecified atom stereocenters. The average molecular weight is 737 g/mol. The average Bonchev–Trinajstić information content (AvgIpc) is 3.07. The van der Waals surface area contributed by atoms with Gasteiger partial charge in [0.25, 0.3) is 10.0 Å². The van der Waals surface area contributed by atoms with Gasteiger partial charge in [0.15, 0.2) is 0 Å². The minimum absolute atomic E-state index is 0.0297. The van der Waals surface area contributed by atoms with Gasteiger partial charge in [-0.05, 0) is 73.4 Å². The van der Waals surface area contributed by atoms with E-state index in [0.717, 1.165) is 53.1 Å². The lowest BCUT2D eigenvalue weighted by atomic mass is 9.94. The molecule has 0 heterocycles. The van der Waals surface area contributed by atoms with Crippen LogP contribution in [0.4, 0.5) is 5.69 Å². The molecule has 10 heteroatoms. The van der Waals surface area contributed by atoms with Gasteiger partial charge >= 0.3 is 0 Å². The molecule has 1 saturated carbocycles. The van der Waals surface area contributed by atoms with Gasteiger partial charge in [0.1, 0.15) is 12.6 Å². The quantitative estimate of drug-likeness (QED) is 0.162. The second kappa shape index (κ2) is 16.0. The monoisotopic (exact) mass is 735 g/mol. The van der Waals surface area contributed by atoms with Crippen molar-refractivity contribution < 1.29 is 18.0 Å². The van der Waals surface area contributed by atoms with Gasteiger partial charge < -0.3 is 10.2 Å². The van der Waals surface area contributed by atoms with Crippen molar-refractivity contribution in [3.63, 3.8) is 0 Å². The smallest absolute Gasteiger partial charge is 0.264 e. The van der Waals surface area contributed by atoms with Crippen molar-refractivity contribution in [2.45, 2.75) is 69.0 Å². The molecule has 5 rings (SSSR count). The van der Waals surface area contributed by atoms with Crippen LogP contribution in [0.5, 0.6) is 0 Å². The van der Waals surface area contributed by atoms with E-state index in [0.29, 0.717) is 15.2 Å². The molecular formula is C37H39BrClN3O4S. The van der Waals surface area contributed by atoms with Crippen LogP contribution < -0.4 is 9.62 Å². The highest BCUT2D eigenvalue weighted by Gasteiger charge is 2.35. The molecule has 246 valence electrons. The first-order chi connectivity index (χ1) is 22.6. The molecule has 0 saturated heterocycles. The molecule has 0 radical (unpaired) electrons. The molecular weight excluding hydrogens is 698 g/mol. The third kappa shape index (κ3) is 9.24. The molecule has 47 heavy (non-hydrogen) atoms. The molecule has 0 bridgehead atoms. The maximum absolute atomic E-state index is 14.6. The lowest BCUT2D eigenvalue weighted by Gasteiger charge is -2.35. The van der Waals surface area contributed by atoms with E-state index in [2.05, 4.69) is 21.2 Å². The minimum atomic E-state index is -4.18. The van der Waals surface area contributed by atoms with Crippen LogP contribution in [0.25, 0.3) is 0 Å². The zero-order valence-corrected chi connectivity index (χ0v) is 29.5. The highest BCUT2D eigenvalue weighted by molar-refractivity contribution is 9.10. The Morgan fingerprint density at radius 3 is 2.21 bits per heavy atom. The summed E-state index contributed by atoms with van der Waals surface area (Å²) < 4.78 is 30.2. The first-order valence-electron chi connectivity index (χ1n) is 15.8. The fourth-order valence-electron chi connectivity index (χ4n) is 5.88. The van der Waals surface area contributed by atoms with Crippen molar-refractivity contribution in [1.82, 2.24) is 10.2 Å². The summed E-state index contributed by atoms with van der Waals surface area (Å²) >= 11 is 9.64. The van der Waals surface area contributed by atoms with Crippen molar-refractivity contribution in [2.24, 2.45) is 0 Å². The molecule has 4 aromatic carbocycles. The highest BCUT2D eigenvalue weighted by atomic mass is 79.9. The van der Waals surface area contributed by atoms with Crippen LogP contribution in [-0.2, 0) is 32.6 Å². The Kier molecular flexibility index (Phi) is 11.8. The van der Waals surface area contributed by atoms with Crippen molar-refractivity contribution in [3.05, 3.63) is 129 Å². The number of aryl methyl sites for hydroxylation is 1. The standard InChI is InChI=1S/C37H39BrClN3O4S/c1-27-15-21-34(22-16-27)47(45,46)42(33-14-8-11-30(38)24-33)26-36(43)41(25-29-17-19-31(39)20-18-29)35(23-28-9-4-2-5-10-28)37(44)40-32-12-6-3-7-13-32/h2,4-5,8-11,14-22,24,32,35H,3,6-7,12-13,23,25-26H2,1H3,(H,40,44)/t35-/m1/s1. The lowest BCUT2D eigenvalue weighted by molar-refractivity contribution is -0.140. The van der Waals surface area contributed by atoms with Gasteiger partial charge in [0.2, 0.25) is 11.8 Å². The van der Waals surface area contributed by atoms with Crippen LogP contribution >= 0.6 is 27.5 Å². The van der Waals surface area contributed by atoms with Gasteiger partial charge in [0, 0.05) is 28.5 Å². The van der Waals surface area contributed by atoms with Crippen LogP contribution in [0, 0.1) is 6.92 Å². The summed E-state index contributed by atoms with van der Waals surface area (Å²) in [4.78, 5) is 30.4. The number of benzene rings is 4. The minimum Gasteiger partial charge on any atom is -0.352 e. The fourth-order valence-corrected chi connectivity index (χ4v) is 7.80. The molecule has 2 amide bonds. The Morgan fingerprint density at radius 1 is 0.872 bits per heavy atom. The first-order valence-corrected chi connectivity index (χ1v) is 18.4. The first kappa shape index (κ1) is 34.7. The molecule has 1 aliphatic carbocycles. The predicted molar refractivity (Wildman–Crippen MR) is 191 cm³/mol. The maximum atomic E-state index is 14.6. The molecule has 1 atom stereocenters. The third-order valence-corrected chi connectivity index (χ3v) is 11.0. The number of anilines is 1. The third-order valence-electron chi connectivity index (χ3n) is 8.47. The lowest BCUT2D eigenvalue weighted by Crippen LogP contribution is -2.55. The molecule has 0 aromatic heterocycles. The number of rotatable bonds is 12. The summed E-state index contributed by atoms with van der Waals surface area (Å²) in [6, 6.07) is 29.2. The van der Waals surface area contributed by atoms with Crippen LogP contribution in [-0.4, -0.2) is 43.8 Å². The highest BCUT2D eigenvalue weighted by Crippen LogP contribution is 2.28. The predicted octanol–water partition coefficient (Wildman–Crippen LogP) is 7.70. The molecule has 1 N–H and O–H groups in total. The summed E-state index contributed by atoms with van der Waals surface area (Å²) in [5.41, 5.74) is 2.89. The fraction of sp³-hybridized carbons (Fsp3) is 0.297. The summed E-state index contributed by atoms with van der Waals surface area (Å²) in [5, 5.41) is 3.78. The van der Waals surface area contributed by atoms with Crippen LogP contribution in [0.2, 0.25) is 5.02 Å². The SMILES string of the molecule is Cc1ccc(S(=O)(=O)N(CC(=O)N(Cc2ccc(Cl)cc2)[C@H](Cc2ccccc2)C(=O)NC2CCCCC2)c2cccc(Br)c2)cc1.